The zero-order chi connectivity index (χ0) is 14.4. The van der Waals surface area contributed by atoms with Gasteiger partial charge in [0, 0.05) is 11.8 Å². The van der Waals surface area contributed by atoms with Crippen molar-refractivity contribution in [1.29, 1.82) is 0 Å². The molecule has 0 fully saturated rings. The van der Waals surface area contributed by atoms with E-state index in [9.17, 15) is 4.39 Å². The minimum atomic E-state index is -0.220. The van der Waals surface area contributed by atoms with E-state index in [4.69, 9.17) is 0 Å². The van der Waals surface area contributed by atoms with Gasteiger partial charge in [-0.15, -0.1) is 0 Å². The quantitative estimate of drug-likeness (QED) is 0.526. The van der Waals surface area contributed by atoms with Crippen LogP contribution in [-0.4, -0.2) is 14.4 Å². The molecule has 102 valence electrons. The minimum Gasteiger partial charge on any atom is -0.284 e. The van der Waals surface area contributed by atoms with Crippen molar-refractivity contribution in [2.75, 3.05) is 0 Å². The minimum absolute atomic E-state index is 0.220. The number of fused-ring (bicyclic) bond motifs is 3. The van der Waals surface area contributed by atoms with Gasteiger partial charge in [0.25, 0.3) is 0 Å². The fourth-order valence-corrected chi connectivity index (χ4v) is 2.46. The first-order valence-corrected chi connectivity index (χ1v) is 6.73. The van der Waals surface area contributed by atoms with Crippen molar-refractivity contribution in [2.45, 2.75) is 6.92 Å². The molecule has 4 aromatic rings. The predicted octanol–water partition coefficient (Wildman–Crippen LogP) is 4.00. The lowest BCUT2D eigenvalue weighted by atomic mass is 10.1. The number of aryl methyl sites for hydroxylation is 1. The third-order valence-electron chi connectivity index (χ3n) is 3.65. The van der Waals surface area contributed by atoms with Crippen molar-refractivity contribution >= 4 is 16.8 Å². The number of imidazole rings is 1. The third-order valence-corrected chi connectivity index (χ3v) is 3.65. The molecule has 0 aliphatic heterocycles. The molecule has 3 nitrogen and oxygen atoms in total. The fraction of sp³-hybridized carbons (Fsp3) is 0.0588. The van der Waals surface area contributed by atoms with Gasteiger partial charge in [0.05, 0.1) is 16.7 Å². The van der Waals surface area contributed by atoms with E-state index in [2.05, 4.69) is 9.97 Å². The first-order chi connectivity index (χ1) is 10.2. The van der Waals surface area contributed by atoms with Crippen LogP contribution < -0.4 is 0 Å². The zero-order valence-corrected chi connectivity index (χ0v) is 11.4. The first kappa shape index (κ1) is 12.0. The molecule has 21 heavy (non-hydrogen) atoms. The number of para-hydroxylation sites is 2. The Morgan fingerprint density at radius 3 is 2.71 bits per heavy atom. The number of rotatable bonds is 1. The molecule has 2 heterocycles. The molecule has 0 N–H and O–H groups in total. The van der Waals surface area contributed by atoms with Crippen molar-refractivity contribution in [3.8, 4) is 11.3 Å². The van der Waals surface area contributed by atoms with Crippen molar-refractivity contribution in [3.63, 3.8) is 0 Å². The number of halogens is 1. The lowest BCUT2D eigenvalue weighted by Gasteiger charge is -2.03. The van der Waals surface area contributed by atoms with Gasteiger partial charge in [0.2, 0.25) is 5.78 Å². The summed E-state index contributed by atoms with van der Waals surface area (Å²) in [4.78, 5) is 9.04. The van der Waals surface area contributed by atoms with Gasteiger partial charge in [-0.1, -0.05) is 24.3 Å². The van der Waals surface area contributed by atoms with Gasteiger partial charge in [-0.2, -0.15) is 0 Å². The summed E-state index contributed by atoms with van der Waals surface area (Å²) in [6.45, 7) is 1.75. The van der Waals surface area contributed by atoms with Crippen LogP contribution in [-0.2, 0) is 0 Å². The van der Waals surface area contributed by atoms with Gasteiger partial charge >= 0.3 is 0 Å². The standard InChI is InChI=1S/C17H12FN3/c1-11-6-7-12(10-13(11)18)14-8-9-21-16-5-3-2-4-15(16)20-17(21)19-14/h2-10H,1H3. The Balaban J connectivity index is 1.94. The summed E-state index contributed by atoms with van der Waals surface area (Å²) < 4.78 is 15.6. The maximum absolute atomic E-state index is 13.7. The Morgan fingerprint density at radius 1 is 1.00 bits per heavy atom. The molecule has 0 saturated heterocycles. The largest absolute Gasteiger partial charge is 0.284 e. The monoisotopic (exact) mass is 277 g/mol. The van der Waals surface area contributed by atoms with Crippen molar-refractivity contribution < 1.29 is 4.39 Å². The Kier molecular flexibility index (Phi) is 2.51. The van der Waals surface area contributed by atoms with Crippen LogP contribution in [0.5, 0.6) is 0 Å². The second-order valence-corrected chi connectivity index (χ2v) is 5.05. The second kappa shape index (κ2) is 4.38. The Bertz CT molecular complexity index is 972. The summed E-state index contributed by atoms with van der Waals surface area (Å²) in [5, 5.41) is 0. The maximum Gasteiger partial charge on any atom is 0.235 e. The Labute approximate surface area is 120 Å². The lowest BCUT2D eigenvalue weighted by Crippen LogP contribution is -1.92. The summed E-state index contributed by atoms with van der Waals surface area (Å²) in [6.07, 6.45) is 1.92. The average molecular weight is 277 g/mol. The van der Waals surface area contributed by atoms with E-state index in [1.54, 1.807) is 13.0 Å². The van der Waals surface area contributed by atoms with Gasteiger partial charge in [-0.05, 0) is 36.8 Å². The lowest BCUT2D eigenvalue weighted by molar-refractivity contribution is 0.619. The molecule has 4 heteroatoms. The van der Waals surface area contributed by atoms with Crippen molar-refractivity contribution in [2.24, 2.45) is 0 Å². The van der Waals surface area contributed by atoms with E-state index in [0.717, 1.165) is 22.3 Å². The molecule has 0 aliphatic rings. The highest BCUT2D eigenvalue weighted by molar-refractivity contribution is 5.79. The smallest absolute Gasteiger partial charge is 0.235 e. The molecule has 0 radical (unpaired) electrons. The van der Waals surface area contributed by atoms with E-state index in [-0.39, 0.29) is 5.82 Å². The average Bonchev–Trinajstić information content (AvgIpc) is 2.87. The molecule has 0 aliphatic carbocycles. The van der Waals surface area contributed by atoms with Crippen LogP contribution in [0.3, 0.4) is 0 Å². The molecule has 0 saturated carbocycles. The van der Waals surface area contributed by atoms with Gasteiger partial charge in [-0.25, -0.2) is 14.4 Å². The third kappa shape index (κ3) is 1.88. The molecule has 0 unspecified atom stereocenters. The molecule has 0 bridgehead atoms. The second-order valence-electron chi connectivity index (χ2n) is 5.05. The number of nitrogens with zero attached hydrogens (tertiary/aromatic N) is 3. The first-order valence-electron chi connectivity index (χ1n) is 6.73. The molecular weight excluding hydrogens is 265 g/mol. The van der Waals surface area contributed by atoms with E-state index in [1.165, 1.54) is 6.07 Å². The summed E-state index contributed by atoms with van der Waals surface area (Å²) in [6, 6.07) is 14.9. The molecule has 0 atom stereocenters. The molecule has 2 aromatic heterocycles. The van der Waals surface area contributed by atoms with Crippen molar-refractivity contribution in [1.82, 2.24) is 14.4 Å². The number of aromatic nitrogens is 3. The van der Waals surface area contributed by atoms with Crippen molar-refractivity contribution in [3.05, 3.63) is 66.1 Å². The normalized spacial score (nSPS) is 11.3. The van der Waals surface area contributed by atoms with Gasteiger partial charge in [0.1, 0.15) is 5.82 Å². The predicted molar refractivity (Wildman–Crippen MR) is 80.6 cm³/mol. The maximum atomic E-state index is 13.7. The summed E-state index contributed by atoms with van der Waals surface area (Å²) >= 11 is 0. The number of hydrogen-bond donors (Lipinski definition) is 0. The van der Waals surface area contributed by atoms with Crippen LogP contribution in [0.4, 0.5) is 4.39 Å². The van der Waals surface area contributed by atoms with E-state index >= 15 is 0 Å². The Hall–Kier alpha value is -2.75. The molecule has 4 rings (SSSR count). The highest BCUT2D eigenvalue weighted by Gasteiger charge is 2.08. The summed E-state index contributed by atoms with van der Waals surface area (Å²) in [5.74, 6) is 0.400. The highest BCUT2D eigenvalue weighted by atomic mass is 19.1. The zero-order valence-electron chi connectivity index (χ0n) is 11.4. The van der Waals surface area contributed by atoms with Crippen LogP contribution in [0.1, 0.15) is 5.56 Å². The summed E-state index contributed by atoms with van der Waals surface area (Å²) in [7, 11) is 0. The molecule has 0 spiro atoms. The van der Waals surface area contributed by atoms with Crippen LogP contribution >= 0.6 is 0 Å². The van der Waals surface area contributed by atoms with Gasteiger partial charge in [0.15, 0.2) is 0 Å². The van der Waals surface area contributed by atoms with Gasteiger partial charge in [-0.3, -0.25) is 4.40 Å². The molecule has 2 aromatic carbocycles. The summed E-state index contributed by atoms with van der Waals surface area (Å²) in [5.41, 5.74) is 4.02. The van der Waals surface area contributed by atoms with Crippen LogP contribution in [0.15, 0.2) is 54.7 Å². The van der Waals surface area contributed by atoms with Crippen LogP contribution in [0, 0.1) is 12.7 Å². The topological polar surface area (TPSA) is 30.2 Å². The molecular formula is C17H12FN3. The fourth-order valence-electron chi connectivity index (χ4n) is 2.46. The SMILES string of the molecule is Cc1ccc(-c2ccn3c(n2)nc2ccccc23)cc1F. The van der Waals surface area contributed by atoms with E-state index in [1.807, 2.05) is 47.0 Å². The van der Waals surface area contributed by atoms with E-state index < -0.39 is 0 Å². The van der Waals surface area contributed by atoms with Crippen LogP contribution in [0.25, 0.3) is 28.1 Å². The number of benzene rings is 2. The molecule has 0 amide bonds. The Morgan fingerprint density at radius 2 is 1.86 bits per heavy atom. The highest BCUT2D eigenvalue weighted by Crippen LogP contribution is 2.22. The van der Waals surface area contributed by atoms with E-state index in [0.29, 0.717) is 11.3 Å². The number of hydrogen-bond acceptors (Lipinski definition) is 2. The van der Waals surface area contributed by atoms with Gasteiger partial charge < -0.3 is 0 Å². The van der Waals surface area contributed by atoms with Crippen LogP contribution in [0.2, 0.25) is 0 Å².